The van der Waals surface area contributed by atoms with Crippen LogP contribution in [0.15, 0.2) is 28.8 Å². The van der Waals surface area contributed by atoms with E-state index in [1.54, 1.807) is 25.1 Å². The minimum Gasteiger partial charge on any atom is -0.478 e. The van der Waals surface area contributed by atoms with Gasteiger partial charge in [0.15, 0.2) is 5.82 Å². The fourth-order valence-corrected chi connectivity index (χ4v) is 1.90. The van der Waals surface area contributed by atoms with Crippen molar-refractivity contribution in [2.24, 2.45) is 0 Å². The molecular weight excluding hydrogens is 258 g/mol. The molecule has 0 saturated heterocycles. The highest BCUT2D eigenvalue weighted by atomic mass is 16.5. The Morgan fingerprint density at radius 3 is 2.85 bits per heavy atom. The van der Waals surface area contributed by atoms with Crippen LogP contribution in [-0.2, 0) is 6.54 Å². The summed E-state index contributed by atoms with van der Waals surface area (Å²) >= 11 is 0. The van der Waals surface area contributed by atoms with Crippen molar-refractivity contribution in [2.75, 3.05) is 7.05 Å². The predicted molar refractivity (Wildman–Crippen MR) is 72.3 cm³/mol. The lowest BCUT2D eigenvalue weighted by atomic mass is 10.1. The van der Waals surface area contributed by atoms with Crippen molar-refractivity contribution in [3.8, 4) is 0 Å². The van der Waals surface area contributed by atoms with Crippen LogP contribution in [0.4, 0.5) is 0 Å². The van der Waals surface area contributed by atoms with E-state index in [-0.39, 0.29) is 11.6 Å². The molecule has 0 amide bonds. The standard InChI is InChI=1S/C14H17N3O3/c1-9(13-15-10(2)16-20-13)17(3)8-11-5-4-6-12(7-11)14(18)19/h4-7,9H,8H2,1-3H3,(H,18,19)/t9-/m1/s1. The van der Waals surface area contributed by atoms with E-state index in [0.29, 0.717) is 18.3 Å². The SMILES string of the molecule is Cc1noc([C@@H](C)N(C)Cc2cccc(C(=O)O)c2)n1. The van der Waals surface area contributed by atoms with Gasteiger partial charge in [-0.15, -0.1) is 0 Å². The summed E-state index contributed by atoms with van der Waals surface area (Å²) in [7, 11) is 1.93. The molecule has 0 radical (unpaired) electrons. The Balaban J connectivity index is 2.09. The van der Waals surface area contributed by atoms with E-state index >= 15 is 0 Å². The van der Waals surface area contributed by atoms with E-state index in [1.165, 1.54) is 0 Å². The van der Waals surface area contributed by atoms with Gasteiger partial charge in [0.1, 0.15) is 0 Å². The first-order valence-corrected chi connectivity index (χ1v) is 6.30. The Kier molecular flexibility index (Phi) is 4.14. The molecule has 1 atom stereocenters. The van der Waals surface area contributed by atoms with Crippen LogP contribution in [0, 0.1) is 6.92 Å². The smallest absolute Gasteiger partial charge is 0.335 e. The van der Waals surface area contributed by atoms with Crippen LogP contribution in [0.25, 0.3) is 0 Å². The zero-order valence-electron chi connectivity index (χ0n) is 11.7. The summed E-state index contributed by atoms with van der Waals surface area (Å²) in [5.41, 5.74) is 1.22. The molecule has 1 aromatic carbocycles. The Morgan fingerprint density at radius 2 is 2.25 bits per heavy atom. The zero-order valence-corrected chi connectivity index (χ0v) is 11.7. The first-order chi connectivity index (χ1) is 9.47. The number of benzene rings is 1. The van der Waals surface area contributed by atoms with Gasteiger partial charge in [0, 0.05) is 6.54 Å². The van der Waals surface area contributed by atoms with Crippen LogP contribution >= 0.6 is 0 Å². The van der Waals surface area contributed by atoms with E-state index in [9.17, 15) is 4.79 Å². The molecule has 0 unspecified atom stereocenters. The molecule has 2 aromatic rings. The van der Waals surface area contributed by atoms with Gasteiger partial charge in [0.05, 0.1) is 11.6 Å². The second-order valence-electron chi connectivity index (χ2n) is 4.78. The average molecular weight is 275 g/mol. The molecule has 1 N–H and O–H groups in total. The third kappa shape index (κ3) is 3.21. The van der Waals surface area contributed by atoms with Crippen LogP contribution in [-0.4, -0.2) is 33.2 Å². The maximum absolute atomic E-state index is 11.0. The Labute approximate surface area is 117 Å². The minimum absolute atomic E-state index is 0.0373. The van der Waals surface area contributed by atoms with Crippen LogP contribution in [0.1, 0.15) is 40.6 Å². The van der Waals surface area contributed by atoms with Crippen LogP contribution in [0.2, 0.25) is 0 Å². The van der Waals surface area contributed by atoms with Gasteiger partial charge in [-0.25, -0.2) is 4.79 Å². The number of carboxylic acids is 1. The molecular formula is C14H17N3O3. The molecule has 1 heterocycles. The third-order valence-electron chi connectivity index (χ3n) is 3.17. The van der Waals surface area contributed by atoms with Crippen molar-refractivity contribution >= 4 is 5.97 Å². The van der Waals surface area contributed by atoms with Crippen molar-refractivity contribution in [2.45, 2.75) is 26.4 Å². The summed E-state index contributed by atoms with van der Waals surface area (Å²) in [6, 6.07) is 6.86. The minimum atomic E-state index is -0.921. The molecule has 1 aromatic heterocycles. The third-order valence-corrected chi connectivity index (χ3v) is 3.17. The van der Waals surface area contributed by atoms with Crippen molar-refractivity contribution < 1.29 is 14.4 Å². The van der Waals surface area contributed by atoms with Gasteiger partial charge in [-0.2, -0.15) is 4.98 Å². The molecule has 6 nitrogen and oxygen atoms in total. The zero-order chi connectivity index (χ0) is 14.7. The number of aromatic carboxylic acids is 1. The van der Waals surface area contributed by atoms with Gasteiger partial charge in [-0.1, -0.05) is 17.3 Å². The van der Waals surface area contributed by atoms with E-state index in [2.05, 4.69) is 10.1 Å². The average Bonchev–Trinajstić information content (AvgIpc) is 2.84. The first-order valence-electron chi connectivity index (χ1n) is 6.30. The number of aromatic nitrogens is 2. The van der Waals surface area contributed by atoms with Gasteiger partial charge in [0.25, 0.3) is 0 Å². The summed E-state index contributed by atoms with van der Waals surface area (Å²) in [5, 5.41) is 12.8. The fraction of sp³-hybridized carbons (Fsp3) is 0.357. The number of nitrogens with zero attached hydrogens (tertiary/aromatic N) is 3. The van der Waals surface area contributed by atoms with Crippen LogP contribution in [0.5, 0.6) is 0 Å². The lowest BCUT2D eigenvalue weighted by Gasteiger charge is -2.21. The number of hydrogen-bond donors (Lipinski definition) is 1. The van der Waals surface area contributed by atoms with Crippen molar-refractivity contribution in [1.82, 2.24) is 15.0 Å². The Bertz CT molecular complexity index is 609. The van der Waals surface area contributed by atoms with Gasteiger partial charge in [-0.05, 0) is 38.6 Å². The quantitative estimate of drug-likeness (QED) is 0.901. The molecule has 0 aliphatic heterocycles. The molecule has 0 aliphatic carbocycles. The monoisotopic (exact) mass is 275 g/mol. The highest BCUT2D eigenvalue weighted by Gasteiger charge is 2.18. The van der Waals surface area contributed by atoms with Gasteiger partial charge in [0.2, 0.25) is 5.89 Å². The van der Waals surface area contributed by atoms with Gasteiger partial charge >= 0.3 is 5.97 Å². The van der Waals surface area contributed by atoms with Crippen LogP contribution in [0.3, 0.4) is 0 Å². The molecule has 0 bridgehead atoms. The molecule has 0 aliphatic rings. The van der Waals surface area contributed by atoms with E-state index in [4.69, 9.17) is 9.63 Å². The Morgan fingerprint density at radius 1 is 1.50 bits per heavy atom. The van der Waals surface area contributed by atoms with Crippen molar-refractivity contribution in [1.29, 1.82) is 0 Å². The first kappa shape index (κ1) is 14.2. The normalized spacial score (nSPS) is 12.6. The predicted octanol–water partition coefficient (Wildman–Crippen LogP) is 2.27. The number of carboxylic acid groups (broad SMARTS) is 1. The summed E-state index contributed by atoms with van der Waals surface area (Å²) < 4.78 is 5.15. The lowest BCUT2D eigenvalue weighted by molar-refractivity contribution is 0.0696. The summed E-state index contributed by atoms with van der Waals surface area (Å²) in [4.78, 5) is 17.2. The van der Waals surface area contributed by atoms with E-state index in [1.807, 2.05) is 24.9 Å². The van der Waals surface area contributed by atoms with Gasteiger partial charge < -0.3 is 9.63 Å². The van der Waals surface area contributed by atoms with Crippen molar-refractivity contribution in [3.63, 3.8) is 0 Å². The van der Waals surface area contributed by atoms with E-state index in [0.717, 1.165) is 5.56 Å². The second kappa shape index (κ2) is 5.83. The maximum Gasteiger partial charge on any atom is 0.335 e. The molecule has 0 fully saturated rings. The molecule has 2 rings (SSSR count). The molecule has 106 valence electrons. The number of aryl methyl sites for hydroxylation is 1. The Hall–Kier alpha value is -2.21. The summed E-state index contributed by atoms with van der Waals surface area (Å²) in [5.74, 6) is 0.239. The topological polar surface area (TPSA) is 79.5 Å². The fourth-order valence-electron chi connectivity index (χ4n) is 1.90. The molecule has 0 saturated carbocycles. The lowest BCUT2D eigenvalue weighted by Crippen LogP contribution is -2.22. The van der Waals surface area contributed by atoms with Gasteiger partial charge in [-0.3, -0.25) is 4.90 Å². The van der Waals surface area contributed by atoms with Crippen molar-refractivity contribution in [3.05, 3.63) is 47.1 Å². The highest BCUT2D eigenvalue weighted by molar-refractivity contribution is 5.87. The molecule has 20 heavy (non-hydrogen) atoms. The summed E-state index contributed by atoms with van der Waals surface area (Å²) in [6.07, 6.45) is 0. The van der Waals surface area contributed by atoms with Crippen LogP contribution < -0.4 is 0 Å². The number of carbonyl (C=O) groups is 1. The molecule has 0 spiro atoms. The second-order valence-corrected chi connectivity index (χ2v) is 4.78. The summed E-state index contributed by atoms with van der Waals surface area (Å²) in [6.45, 7) is 4.34. The molecule has 6 heteroatoms. The maximum atomic E-state index is 11.0. The number of rotatable bonds is 5. The largest absolute Gasteiger partial charge is 0.478 e. The van der Waals surface area contributed by atoms with E-state index < -0.39 is 5.97 Å². The number of hydrogen-bond acceptors (Lipinski definition) is 5. The highest BCUT2D eigenvalue weighted by Crippen LogP contribution is 2.19.